The molecule has 1 rings (SSSR count). The first-order chi connectivity index (χ1) is 28.1. The fourth-order valence-corrected chi connectivity index (χ4v) is 2.84. The second-order valence-corrected chi connectivity index (χ2v) is 10.2. The highest BCUT2D eigenvalue weighted by Gasteiger charge is 2.04. The maximum atomic E-state index is 11.6. The van der Waals surface area contributed by atoms with Crippen LogP contribution in [0, 0.1) is 6.92 Å². The average molecular weight is 840 g/mol. The lowest BCUT2D eigenvalue weighted by molar-refractivity contribution is -0.131. The van der Waals surface area contributed by atoms with Crippen LogP contribution in [-0.2, 0) is 47.6 Å². The SMILES string of the molecule is CC.CC.CC.CC.CC(N)=O.CCCCNC(=O)COCC(=O)NCCOCCOCCOCCOCCOCCNC(=O)CO.CCCN.Cc1ccccc1. The van der Waals surface area contributed by atoms with Gasteiger partial charge >= 0.3 is 0 Å². The summed E-state index contributed by atoms with van der Waals surface area (Å²) in [4.78, 5) is 43.0. The van der Waals surface area contributed by atoms with E-state index in [1.54, 1.807) is 0 Å². The van der Waals surface area contributed by atoms with Crippen LogP contribution >= 0.6 is 0 Å². The van der Waals surface area contributed by atoms with E-state index in [1.807, 2.05) is 80.5 Å². The topological polar surface area (TPSA) is 232 Å². The second kappa shape index (κ2) is 71.5. The highest BCUT2D eigenvalue weighted by atomic mass is 16.6. The van der Waals surface area contributed by atoms with Crippen LogP contribution < -0.4 is 27.4 Å². The maximum Gasteiger partial charge on any atom is 0.246 e. The lowest BCUT2D eigenvalue weighted by Crippen LogP contribution is -2.33. The molecule has 0 aliphatic rings. The first-order valence-electron chi connectivity index (χ1n) is 21.0. The number of amides is 4. The number of ether oxygens (including phenoxy) is 6. The summed E-state index contributed by atoms with van der Waals surface area (Å²) in [5.41, 5.74) is 10.8. The first-order valence-corrected chi connectivity index (χ1v) is 21.0. The van der Waals surface area contributed by atoms with Gasteiger partial charge in [-0.05, 0) is 26.3 Å². The minimum absolute atomic E-state index is 0.132. The van der Waals surface area contributed by atoms with Crippen molar-refractivity contribution in [3.05, 3.63) is 35.9 Å². The van der Waals surface area contributed by atoms with E-state index < -0.39 is 12.5 Å². The fraction of sp³-hybridized carbons (Fsp3) is 0.762. The predicted molar refractivity (Wildman–Crippen MR) is 237 cm³/mol. The van der Waals surface area contributed by atoms with Crippen molar-refractivity contribution in [1.82, 2.24) is 16.0 Å². The number of rotatable bonds is 27. The van der Waals surface area contributed by atoms with Crippen LogP contribution in [0.5, 0.6) is 0 Å². The number of unbranched alkanes of at least 4 members (excludes halogenated alkanes) is 1. The van der Waals surface area contributed by atoms with E-state index in [0.717, 1.165) is 25.8 Å². The molecular formula is C42H89N5O11. The van der Waals surface area contributed by atoms with Gasteiger partial charge < -0.3 is 60.9 Å². The normalized spacial score (nSPS) is 8.93. The molecule has 1 aromatic carbocycles. The lowest BCUT2D eigenvalue weighted by atomic mass is 10.2. The van der Waals surface area contributed by atoms with Gasteiger partial charge in [0.2, 0.25) is 23.6 Å². The van der Waals surface area contributed by atoms with Crippen molar-refractivity contribution in [2.45, 2.75) is 102 Å². The molecule has 0 fully saturated rings. The van der Waals surface area contributed by atoms with Crippen LogP contribution in [0.2, 0.25) is 0 Å². The van der Waals surface area contributed by atoms with Crippen molar-refractivity contribution in [3.8, 4) is 0 Å². The van der Waals surface area contributed by atoms with Crippen LogP contribution in [0.1, 0.15) is 101 Å². The number of aliphatic hydroxyl groups is 1. The van der Waals surface area contributed by atoms with Gasteiger partial charge in [0.25, 0.3) is 0 Å². The zero-order valence-corrected chi connectivity index (χ0v) is 38.7. The van der Waals surface area contributed by atoms with E-state index in [9.17, 15) is 19.2 Å². The predicted octanol–water partition coefficient (Wildman–Crippen LogP) is 4.17. The van der Waals surface area contributed by atoms with Crippen LogP contribution in [-0.4, -0.2) is 141 Å². The molecule has 8 N–H and O–H groups in total. The van der Waals surface area contributed by atoms with Gasteiger partial charge in [-0.25, -0.2) is 0 Å². The molecule has 0 radical (unpaired) electrons. The molecule has 0 aliphatic heterocycles. The third-order valence-corrected chi connectivity index (χ3v) is 5.32. The number of hydrogen-bond acceptors (Lipinski definition) is 12. The van der Waals surface area contributed by atoms with Crippen molar-refractivity contribution in [2.24, 2.45) is 11.5 Å². The number of aliphatic hydroxyl groups excluding tert-OH is 1. The molecule has 58 heavy (non-hydrogen) atoms. The summed E-state index contributed by atoms with van der Waals surface area (Å²) in [5, 5.41) is 16.4. The van der Waals surface area contributed by atoms with Crippen LogP contribution in [0.15, 0.2) is 30.3 Å². The zero-order valence-electron chi connectivity index (χ0n) is 38.7. The van der Waals surface area contributed by atoms with Gasteiger partial charge in [0.15, 0.2) is 0 Å². The molecule has 0 atom stereocenters. The standard InChI is InChI=1S/C22H43N3O10.C7H8.C3H9N.C2H5NO.4C2H6/c1-2-3-4-23-21(28)18-35-19-22(29)25-6-8-31-10-12-33-14-16-34-15-13-32-11-9-30-7-5-24-20(27)17-26;1-7-5-3-2-4-6-7;1-2-3-4;1-2(3)4;4*1-2/h26H,2-19H2,1H3,(H,23,28)(H,24,27)(H,25,29);2-6H,1H3;2-4H2,1H3;1H3,(H2,3,4);4*1-2H3. The lowest BCUT2D eigenvalue weighted by Gasteiger charge is -2.09. The Kier molecular flexibility index (Phi) is 85.5. The van der Waals surface area contributed by atoms with Crippen LogP contribution in [0.25, 0.3) is 0 Å². The number of nitrogens with two attached hydrogens (primary N) is 2. The smallest absolute Gasteiger partial charge is 0.246 e. The Hall–Kier alpha value is -3.22. The number of nitrogens with one attached hydrogen (secondary N) is 3. The molecular weight excluding hydrogens is 750 g/mol. The summed E-state index contributed by atoms with van der Waals surface area (Å²) < 4.78 is 31.8. The van der Waals surface area contributed by atoms with Gasteiger partial charge in [-0.15, -0.1) is 0 Å². The Bertz CT molecular complexity index is 898. The maximum absolute atomic E-state index is 11.6. The Labute approximate surface area is 353 Å². The summed E-state index contributed by atoms with van der Waals surface area (Å²) >= 11 is 0. The molecule has 0 aromatic heterocycles. The summed E-state index contributed by atoms with van der Waals surface area (Å²) in [5.74, 6) is -1.29. The molecule has 1 aromatic rings. The summed E-state index contributed by atoms with van der Waals surface area (Å²) in [6.45, 7) is 28.9. The number of benzene rings is 1. The summed E-state index contributed by atoms with van der Waals surface area (Å²) in [6.07, 6.45) is 3.01. The molecule has 0 aliphatic carbocycles. The number of carbonyl (C=O) groups is 4. The van der Waals surface area contributed by atoms with E-state index in [2.05, 4.69) is 47.7 Å². The van der Waals surface area contributed by atoms with Crippen LogP contribution in [0.4, 0.5) is 0 Å². The Morgan fingerprint density at radius 3 is 1.14 bits per heavy atom. The minimum Gasteiger partial charge on any atom is -0.387 e. The van der Waals surface area contributed by atoms with E-state index in [4.69, 9.17) is 39.3 Å². The average Bonchev–Trinajstić information content (AvgIpc) is 3.25. The Morgan fingerprint density at radius 2 is 0.862 bits per heavy atom. The molecule has 348 valence electrons. The van der Waals surface area contributed by atoms with Crippen molar-refractivity contribution < 1.29 is 52.7 Å². The van der Waals surface area contributed by atoms with E-state index in [0.29, 0.717) is 85.7 Å². The first kappa shape index (κ1) is 69.4. The van der Waals surface area contributed by atoms with Gasteiger partial charge in [0.05, 0.1) is 66.1 Å². The molecule has 0 unspecified atom stereocenters. The quantitative estimate of drug-likeness (QED) is 0.0686. The van der Waals surface area contributed by atoms with Gasteiger partial charge in [-0.2, -0.15) is 0 Å². The third-order valence-electron chi connectivity index (χ3n) is 5.32. The highest BCUT2D eigenvalue weighted by Crippen LogP contribution is 1.92. The Morgan fingerprint density at radius 1 is 0.552 bits per heavy atom. The monoisotopic (exact) mass is 840 g/mol. The van der Waals surface area contributed by atoms with Crippen molar-refractivity contribution >= 4 is 23.6 Å². The summed E-state index contributed by atoms with van der Waals surface area (Å²) in [6, 6.07) is 10.3. The largest absolute Gasteiger partial charge is 0.387 e. The van der Waals surface area contributed by atoms with E-state index in [1.165, 1.54) is 12.5 Å². The van der Waals surface area contributed by atoms with Gasteiger partial charge in [0.1, 0.15) is 19.8 Å². The van der Waals surface area contributed by atoms with E-state index >= 15 is 0 Å². The molecule has 4 amide bonds. The third kappa shape index (κ3) is 85.1. The van der Waals surface area contributed by atoms with E-state index in [-0.39, 0.29) is 30.9 Å². The minimum atomic E-state index is -0.524. The van der Waals surface area contributed by atoms with Crippen molar-refractivity contribution in [3.63, 3.8) is 0 Å². The number of aryl methyl sites for hydroxylation is 1. The molecule has 16 nitrogen and oxygen atoms in total. The molecule has 0 saturated heterocycles. The van der Waals surface area contributed by atoms with Crippen LogP contribution in [0.3, 0.4) is 0 Å². The fourth-order valence-electron chi connectivity index (χ4n) is 2.84. The molecule has 0 saturated carbocycles. The Balaban J connectivity index is -0.000000183. The molecule has 16 heteroatoms. The second-order valence-electron chi connectivity index (χ2n) is 10.2. The number of hydrogen-bond donors (Lipinski definition) is 6. The van der Waals surface area contributed by atoms with Crippen molar-refractivity contribution in [1.29, 1.82) is 0 Å². The zero-order chi connectivity index (χ0) is 45.9. The molecule has 0 spiro atoms. The van der Waals surface area contributed by atoms with Gasteiger partial charge in [0, 0.05) is 26.6 Å². The van der Waals surface area contributed by atoms with Gasteiger partial charge in [-0.1, -0.05) is 112 Å². The number of carbonyl (C=O) groups excluding carboxylic acids is 4. The van der Waals surface area contributed by atoms with Crippen molar-refractivity contribution in [2.75, 3.05) is 112 Å². The highest BCUT2D eigenvalue weighted by molar-refractivity contribution is 5.79. The molecule has 0 heterocycles. The van der Waals surface area contributed by atoms with Gasteiger partial charge in [-0.3, -0.25) is 19.2 Å². The summed E-state index contributed by atoms with van der Waals surface area (Å²) in [7, 11) is 0. The number of primary amides is 1. The molecule has 0 bridgehead atoms.